The van der Waals surface area contributed by atoms with Crippen molar-refractivity contribution >= 4 is 5.78 Å². The number of carbonyl (C=O) groups is 1. The Kier molecular flexibility index (Phi) is 17.2. The van der Waals surface area contributed by atoms with E-state index in [-0.39, 0.29) is 0 Å². The first-order chi connectivity index (χ1) is 11.2. The summed E-state index contributed by atoms with van der Waals surface area (Å²) < 4.78 is 0. The van der Waals surface area contributed by atoms with E-state index in [1.165, 1.54) is 77.0 Å². The van der Waals surface area contributed by atoms with Crippen molar-refractivity contribution in [3.05, 3.63) is 12.2 Å². The fourth-order valence-corrected chi connectivity index (χ4v) is 2.82. The van der Waals surface area contributed by atoms with E-state index in [1.807, 2.05) is 19.0 Å². The van der Waals surface area contributed by atoms with E-state index in [0.717, 1.165) is 12.8 Å². The van der Waals surface area contributed by atoms with E-state index in [1.54, 1.807) is 0 Å². The van der Waals surface area contributed by atoms with Gasteiger partial charge in [0.05, 0.1) is 6.54 Å². The van der Waals surface area contributed by atoms with E-state index < -0.39 is 0 Å². The van der Waals surface area contributed by atoms with Crippen LogP contribution in [0.5, 0.6) is 0 Å². The van der Waals surface area contributed by atoms with Gasteiger partial charge in [0.15, 0.2) is 0 Å². The van der Waals surface area contributed by atoms with Crippen LogP contribution in [0.2, 0.25) is 0 Å². The molecule has 0 spiro atoms. The average Bonchev–Trinajstić information content (AvgIpc) is 2.50. The summed E-state index contributed by atoms with van der Waals surface area (Å²) in [6, 6.07) is 0. The van der Waals surface area contributed by atoms with Crippen LogP contribution >= 0.6 is 0 Å². The molecule has 0 N–H and O–H groups in total. The van der Waals surface area contributed by atoms with Crippen LogP contribution in [-0.4, -0.2) is 31.3 Å². The normalized spacial score (nSPS) is 11.7. The van der Waals surface area contributed by atoms with Gasteiger partial charge in [-0.3, -0.25) is 4.79 Å². The summed E-state index contributed by atoms with van der Waals surface area (Å²) in [5.41, 5.74) is 0. The van der Waals surface area contributed by atoms with Crippen molar-refractivity contribution in [3.8, 4) is 0 Å². The molecule has 0 aliphatic rings. The molecule has 0 fully saturated rings. The predicted octanol–water partition coefficient (Wildman–Crippen LogP) is 6.15. The zero-order valence-corrected chi connectivity index (χ0v) is 16.1. The first kappa shape index (κ1) is 22.4. The van der Waals surface area contributed by atoms with Gasteiger partial charge >= 0.3 is 0 Å². The smallest absolute Gasteiger partial charge is 0.146 e. The zero-order valence-electron chi connectivity index (χ0n) is 16.1. The van der Waals surface area contributed by atoms with Crippen LogP contribution in [0.4, 0.5) is 0 Å². The summed E-state index contributed by atoms with van der Waals surface area (Å²) in [6.45, 7) is 2.87. The predicted molar refractivity (Wildman–Crippen MR) is 103 cm³/mol. The molecular formula is C21H41NO. The van der Waals surface area contributed by atoms with Gasteiger partial charge < -0.3 is 4.90 Å². The Labute approximate surface area is 145 Å². The highest BCUT2D eigenvalue weighted by molar-refractivity contribution is 5.80. The highest BCUT2D eigenvalue weighted by Crippen LogP contribution is 2.10. The summed E-state index contributed by atoms with van der Waals surface area (Å²) in [5, 5.41) is 0. The van der Waals surface area contributed by atoms with E-state index in [4.69, 9.17) is 0 Å². The Morgan fingerprint density at radius 2 is 1.22 bits per heavy atom. The lowest BCUT2D eigenvalue weighted by atomic mass is 10.1. The number of hydrogen-bond acceptors (Lipinski definition) is 2. The number of allylic oxidation sites excluding steroid dienone is 2. The molecular weight excluding hydrogens is 282 g/mol. The number of likely N-dealkylation sites (N-methyl/N-ethyl adjacent to an activating group) is 1. The summed E-state index contributed by atoms with van der Waals surface area (Å²) in [7, 11) is 3.91. The Morgan fingerprint density at radius 1 is 0.739 bits per heavy atom. The fourth-order valence-electron chi connectivity index (χ4n) is 2.82. The lowest BCUT2D eigenvalue weighted by Crippen LogP contribution is -2.21. The van der Waals surface area contributed by atoms with Crippen LogP contribution in [-0.2, 0) is 4.79 Å². The van der Waals surface area contributed by atoms with E-state index >= 15 is 0 Å². The van der Waals surface area contributed by atoms with Crippen LogP contribution in [0, 0.1) is 0 Å². The Balaban J connectivity index is 3.18. The maximum absolute atomic E-state index is 11.5. The third kappa shape index (κ3) is 19.3. The number of nitrogens with zero attached hydrogens (tertiary/aromatic N) is 1. The monoisotopic (exact) mass is 323 g/mol. The van der Waals surface area contributed by atoms with E-state index in [0.29, 0.717) is 12.3 Å². The third-order valence-corrected chi connectivity index (χ3v) is 4.21. The molecule has 0 aromatic heterocycles. The summed E-state index contributed by atoms with van der Waals surface area (Å²) in [5.74, 6) is 0.382. The molecule has 0 rings (SSSR count). The Hall–Kier alpha value is -0.630. The molecule has 23 heavy (non-hydrogen) atoms. The van der Waals surface area contributed by atoms with Crippen molar-refractivity contribution in [1.29, 1.82) is 0 Å². The SMILES string of the molecule is CCCCCCCC/C=C\CCCCCCCC(=O)CN(C)C. The molecule has 2 nitrogen and oxygen atoms in total. The summed E-state index contributed by atoms with van der Waals surface area (Å²) in [4.78, 5) is 13.5. The largest absolute Gasteiger partial charge is 0.302 e. The molecule has 0 atom stereocenters. The van der Waals surface area contributed by atoms with Gasteiger partial charge in [-0.15, -0.1) is 0 Å². The average molecular weight is 324 g/mol. The second-order valence-electron chi connectivity index (χ2n) is 7.11. The van der Waals surface area contributed by atoms with Crippen molar-refractivity contribution in [2.75, 3.05) is 20.6 Å². The standard InChI is InChI=1S/C21H41NO/c1-4-5-6-7-8-9-10-11-12-13-14-15-16-17-18-19-21(23)20-22(2)3/h11-12H,4-10,13-20H2,1-3H3/b12-11-. The lowest BCUT2D eigenvalue weighted by Gasteiger charge is -2.07. The van der Waals surface area contributed by atoms with Crippen LogP contribution < -0.4 is 0 Å². The van der Waals surface area contributed by atoms with Crippen LogP contribution in [0.1, 0.15) is 96.8 Å². The molecule has 0 saturated carbocycles. The van der Waals surface area contributed by atoms with E-state index in [9.17, 15) is 4.79 Å². The van der Waals surface area contributed by atoms with Gasteiger partial charge in [0.1, 0.15) is 5.78 Å². The second-order valence-corrected chi connectivity index (χ2v) is 7.11. The van der Waals surface area contributed by atoms with Gasteiger partial charge in [0.2, 0.25) is 0 Å². The van der Waals surface area contributed by atoms with Crippen LogP contribution in [0.3, 0.4) is 0 Å². The van der Waals surface area contributed by atoms with Gasteiger partial charge in [-0.2, -0.15) is 0 Å². The quantitative estimate of drug-likeness (QED) is 0.236. The lowest BCUT2D eigenvalue weighted by molar-refractivity contribution is -0.119. The van der Waals surface area contributed by atoms with E-state index in [2.05, 4.69) is 19.1 Å². The molecule has 2 heteroatoms. The molecule has 0 aliphatic heterocycles. The number of carbonyl (C=O) groups excluding carboxylic acids is 1. The second kappa shape index (κ2) is 17.7. The molecule has 0 aliphatic carbocycles. The van der Waals surface area contributed by atoms with Gasteiger partial charge in [-0.05, 0) is 46.2 Å². The van der Waals surface area contributed by atoms with Crippen molar-refractivity contribution in [2.24, 2.45) is 0 Å². The van der Waals surface area contributed by atoms with Crippen molar-refractivity contribution in [3.63, 3.8) is 0 Å². The highest BCUT2D eigenvalue weighted by atomic mass is 16.1. The third-order valence-electron chi connectivity index (χ3n) is 4.21. The van der Waals surface area contributed by atoms with Gasteiger partial charge in [-0.25, -0.2) is 0 Å². The summed E-state index contributed by atoms with van der Waals surface area (Å²) in [6.07, 6.45) is 22.5. The molecule has 0 radical (unpaired) electrons. The molecule has 0 aromatic carbocycles. The van der Waals surface area contributed by atoms with Gasteiger partial charge in [-0.1, -0.05) is 70.4 Å². The van der Waals surface area contributed by atoms with Crippen molar-refractivity contribution in [2.45, 2.75) is 96.8 Å². The number of unbranched alkanes of at least 4 members (excludes halogenated alkanes) is 11. The Bertz CT molecular complexity index is 284. The first-order valence-electron chi connectivity index (χ1n) is 9.98. The molecule has 136 valence electrons. The maximum Gasteiger partial charge on any atom is 0.146 e. The molecule has 0 amide bonds. The zero-order chi connectivity index (χ0) is 17.2. The number of hydrogen-bond donors (Lipinski definition) is 0. The Morgan fingerprint density at radius 3 is 1.74 bits per heavy atom. The molecule has 0 aromatic rings. The number of Topliss-reactive ketones (excluding diaryl/α,β-unsaturated/α-hetero) is 1. The maximum atomic E-state index is 11.5. The van der Waals surface area contributed by atoms with Crippen molar-refractivity contribution < 1.29 is 4.79 Å². The van der Waals surface area contributed by atoms with Crippen molar-refractivity contribution in [1.82, 2.24) is 4.90 Å². The van der Waals surface area contributed by atoms with Gasteiger partial charge in [0.25, 0.3) is 0 Å². The minimum absolute atomic E-state index is 0.382. The molecule has 0 heterocycles. The molecule has 0 saturated heterocycles. The summed E-state index contributed by atoms with van der Waals surface area (Å²) >= 11 is 0. The van der Waals surface area contributed by atoms with Gasteiger partial charge in [0, 0.05) is 6.42 Å². The number of rotatable bonds is 17. The fraction of sp³-hybridized carbons (Fsp3) is 0.857. The topological polar surface area (TPSA) is 20.3 Å². The van der Waals surface area contributed by atoms with Crippen LogP contribution in [0.15, 0.2) is 12.2 Å². The molecule has 0 unspecified atom stereocenters. The minimum Gasteiger partial charge on any atom is -0.302 e. The first-order valence-corrected chi connectivity index (χ1v) is 9.98. The van der Waals surface area contributed by atoms with Crippen LogP contribution in [0.25, 0.3) is 0 Å². The highest BCUT2D eigenvalue weighted by Gasteiger charge is 2.02. The number of ketones is 1. The molecule has 0 bridgehead atoms. The minimum atomic E-state index is 0.382.